The Bertz CT molecular complexity index is 1610. The number of rotatable bonds is 5. The number of likely N-dealkylation sites (N-methyl/N-ethyl adjacent to an activating group) is 1. The van der Waals surface area contributed by atoms with Crippen LogP contribution in [0.1, 0.15) is 41.9 Å². The van der Waals surface area contributed by atoms with Crippen molar-refractivity contribution in [1.82, 2.24) is 19.4 Å². The zero-order chi connectivity index (χ0) is 28.0. The fourth-order valence-electron chi connectivity index (χ4n) is 5.71. The first kappa shape index (κ1) is 27.1. The van der Waals surface area contributed by atoms with Crippen LogP contribution in [0.3, 0.4) is 0 Å². The molecule has 1 saturated heterocycles. The molecule has 2 aliphatic rings. The number of hydrogen-bond donors (Lipinski definition) is 0. The number of nitrogens with zero attached hydrogens (tertiary/aromatic N) is 4. The van der Waals surface area contributed by atoms with E-state index in [1.165, 1.54) is 16.9 Å². The molecule has 0 saturated carbocycles. The van der Waals surface area contributed by atoms with Crippen molar-refractivity contribution in [2.75, 3.05) is 33.2 Å². The number of fused-ring (bicyclic) bond motifs is 1. The number of Topliss-reactive ketones (excluding diaryl/α,β-unsaturated/α-hetero) is 1. The van der Waals surface area contributed by atoms with Gasteiger partial charge in [0.05, 0.1) is 11.3 Å². The van der Waals surface area contributed by atoms with Crippen LogP contribution in [0.5, 0.6) is 0 Å². The summed E-state index contributed by atoms with van der Waals surface area (Å²) in [5.74, 6) is 0.0717. The zero-order valence-corrected chi connectivity index (χ0v) is 24.7. The Kier molecular flexibility index (Phi) is 7.25. The van der Waals surface area contributed by atoms with E-state index in [2.05, 4.69) is 42.8 Å². The number of halogens is 1. The highest BCUT2D eigenvalue weighted by atomic mass is 35.5. The highest BCUT2D eigenvalue weighted by molar-refractivity contribution is 7.13. The minimum Gasteiger partial charge on any atom is -0.304 e. The van der Waals surface area contributed by atoms with E-state index in [1.807, 2.05) is 41.8 Å². The van der Waals surface area contributed by atoms with E-state index in [9.17, 15) is 9.59 Å². The van der Waals surface area contributed by atoms with Crippen molar-refractivity contribution in [2.24, 2.45) is 5.41 Å². The van der Waals surface area contributed by atoms with Crippen molar-refractivity contribution in [3.05, 3.63) is 92.2 Å². The molecule has 0 amide bonds. The first-order valence-corrected chi connectivity index (χ1v) is 15.0. The average molecular weight is 573 g/mol. The first-order valence-electron chi connectivity index (χ1n) is 13.7. The number of thiazole rings is 1. The molecule has 3 heterocycles. The predicted octanol–water partition coefficient (Wildman–Crippen LogP) is 6.18. The molecule has 6 rings (SSSR count). The molecule has 2 aromatic carbocycles. The van der Waals surface area contributed by atoms with E-state index < -0.39 is 0 Å². The third kappa shape index (κ3) is 5.44. The largest absolute Gasteiger partial charge is 0.304 e. The third-order valence-electron chi connectivity index (χ3n) is 7.96. The van der Waals surface area contributed by atoms with Crippen molar-refractivity contribution in [1.29, 1.82) is 0 Å². The predicted molar refractivity (Wildman–Crippen MR) is 163 cm³/mol. The van der Waals surface area contributed by atoms with Gasteiger partial charge in [0.25, 0.3) is 5.56 Å². The Balaban J connectivity index is 1.41. The van der Waals surface area contributed by atoms with Crippen LogP contribution in [0, 0.1) is 5.41 Å². The number of ketones is 1. The van der Waals surface area contributed by atoms with E-state index >= 15 is 0 Å². The van der Waals surface area contributed by atoms with Gasteiger partial charge in [-0.1, -0.05) is 49.7 Å². The van der Waals surface area contributed by atoms with Crippen LogP contribution in [0.25, 0.3) is 27.5 Å². The van der Waals surface area contributed by atoms with Crippen LogP contribution in [-0.2, 0) is 13.0 Å². The molecule has 0 N–H and O–H groups in total. The fourth-order valence-corrected chi connectivity index (χ4v) is 6.67. The van der Waals surface area contributed by atoms with Gasteiger partial charge >= 0.3 is 0 Å². The molecule has 4 aromatic rings. The standard InChI is InChI=1S/C32H33ClN4O2S/c1-32(2)17-28-25(29(38)18-32)16-26(30-34-27(20-40-30)22-6-8-23(33)9-7-22)31(39)37(28)24-10-4-21(5-11-24)19-36-14-12-35(3)13-15-36/h4-11,16,20H,12-15,17-19H2,1-3H3. The van der Waals surface area contributed by atoms with Crippen molar-refractivity contribution in [3.8, 4) is 27.5 Å². The van der Waals surface area contributed by atoms with E-state index in [4.69, 9.17) is 16.6 Å². The second kappa shape index (κ2) is 10.7. The van der Waals surface area contributed by atoms with Gasteiger partial charge in [-0.3, -0.25) is 19.1 Å². The summed E-state index contributed by atoms with van der Waals surface area (Å²) in [6.45, 7) is 9.33. The van der Waals surface area contributed by atoms with Crippen LogP contribution in [-0.4, -0.2) is 58.4 Å². The quantitative estimate of drug-likeness (QED) is 0.286. The van der Waals surface area contributed by atoms with Crippen LogP contribution < -0.4 is 5.56 Å². The van der Waals surface area contributed by atoms with Gasteiger partial charge in [0.15, 0.2) is 5.78 Å². The summed E-state index contributed by atoms with van der Waals surface area (Å²) < 4.78 is 1.76. The van der Waals surface area contributed by atoms with Crippen molar-refractivity contribution in [2.45, 2.75) is 33.2 Å². The van der Waals surface area contributed by atoms with Crippen molar-refractivity contribution < 1.29 is 4.79 Å². The number of carbonyl (C=O) groups is 1. The lowest BCUT2D eigenvalue weighted by Crippen LogP contribution is -2.43. The minimum atomic E-state index is -0.218. The lowest BCUT2D eigenvalue weighted by atomic mass is 9.75. The summed E-state index contributed by atoms with van der Waals surface area (Å²) in [4.78, 5) is 37.2. The maximum atomic E-state index is 14.2. The second-order valence-electron chi connectivity index (χ2n) is 11.8. The Morgan fingerprint density at radius 2 is 1.62 bits per heavy atom. The van der Waals surface area contributed by atoms with Gasteiger partial charge in [0.1, 0.15) is 5.01 Å². The number of hydrogen-bond acceptors (Lipinski definition) is 6. The van der Waals surface area contributed by atoms with E-state index in [0.29, 0.717) is 34.0 Å². The second-order valence-corrected chi connectivity index (χ2v) is 13.1. The topological polar surface area (TPSA) is 58.4 Å². The molecule has 2 aromatic heterocycles. The summed E-state index contributed by atoms with van der Waals surface area (Å²) >= 11 is 7.48. The lowest BCUT2D eigenvalue weighted by molar-refractivity contribution is 0.0909. The summed E-state index contributed by atoms with van der Waals surface area (Å²) in [6.07, 6.45) is 1.11. The summed E-state index contributed by atoms with van der Waals surface area (Å²) in [7, 11) is 2.16. The molecule has 1 aliphatic heterocycles. The van der Waals surface area contributed by atoms with Gasteiger partial charge in [-0.05, 0) is 54.8 Å². The highest BCUT2D eigenvalue weighted by Crippen LogP contribution is 2.37. The summed E-state index contributed by atoms with van der Waals surface area (Å²) in [5.41, 5.74) is 5.21. The Morgan fingerprint density at radius 1 is 0.925 bits per heavy atom. The molecule has 40 heavy (non-hydrogen) atoms. The highest BCUT2D eigenvalue weighted by Gasteiger charge is 2.34. The molecule has 1 fully saturated rings. The van der Waals surface area contributed by atoms with E-state index in [1.54, 1.807) is 10.6 Å². The van der Waals surface area contributed by atoms with Crippen LogP contribution in [0.15, 0.2) is 64.8 Å². The molecule has 6 nitrogen and oxygen atoms in total. The number of aromatic nitrogens is 2. The molecule has 0 radical (unpaired) electrons. The molecule has 0 atom stereocenters. The van der Waals surface area contributed by atoms with Gasteiger partial charge < -0.3 is 4.90 Å². The maximum Gasteiger partial charge on any atom is 0.265 e. The molecule has 0 spiro atoms. The number of benzene rings is 2. The van der Waals surface area contributed by atoms with Gasteiger partial charge in [-0.25, -0.2) is 4.98 Å². The van der Waals surface area contributed by atoms with Gasteiger partial charge in [-0.15, -0.1) is 11.3 Å². The minimum absolute atomic E-state index is 0.0717. The Morgan fingerprint density at radius 3 is 2.33 bits per heavy atom. The monoisotopic (exact) mass is 572 g/mol. The first-order chi connectivity index (χ1) is 19.2. The van der Waals surface area contributed by atoms with Crippen LogP contribution in [0.2, 0.25) is 5.02 Å². The smallest absolute Gasteiger partial charge is 0.265 e. The molecular weight excluding hydrogens is 540 g/mol. The molecule has 206 valence electrons. The van der Waals surface area contributed by atoms with Gasteiger partial charge in [0.2, 0.25) is 0 Å². The number of pyridine rings is 1. The van der Waals surface area contributed by atoms with E-state index in [0.717, 1.165) is 55.4 Å². The number of carbonyl (C=O) groups excluding carboxylic acids is 1. The fraction of sp³-hybridized carbons (Fsp3) is 0.344. The summed E-state index contributed by atoms with van der Waals surface area (Å²) in [6, 6.07) is 17.5. The lowest BCUT2D eigenvalue weighted by Gasteiger charge is -2.33. The normalized spacial score (nSPS) is 17.6. The third-order valence-corrected chi connectivity index (χ3v) is 9.09. The molecule has 8 heteroatoms. The van der Waals surface area contributed by atoms with Gasteiger partial charge in [0, 0.05) is 72.1 Å². The van der Waals surface area contributed by atoms with Gasteiger partial charge in [-0.2, -0.15) is 0 Å². The molecule has 1 aliphatic carbocycles. The Labute approximate surface area is 243 Å². The van der Waals surface area contributed by atoms with Crippen molar-refractivity contribution in [3.63, 3.8) is 0 Å². The number of piperazine rings is 1. The maximum absolute atomic E-state index is 14.2. The summed E-state index contributed by atoms with van der Waals surface area (Å²) in [5, 5.41) is 3.21. The Hall–Kier alpha value is -3.10. The SMILES string of the molecule is CN1CCN(Cc2ccc(-n3c4c(cc(-c5nc(-c6ccc(Cl)cc6)cs5)c3=O)C(=O)CC(C)(C)C4)cc2)CC1. The molecular formula is C32H33ClN4O2S. The van der Waals surface area contributed by atoms with Crippen LogP contribution >= 0.6 is 22.9 Å². The van der Waals surface area contributed by atoms with Crippen molar-refractivity contribution >= 4 is 28.7 Å². The average Bonchev–Trinajstić information content (AvgIpc) is 3.40. The van der Waals surface area contributed by atoms with E-state index in [-0.39, 0.29) is 16.8 Å². The molecule has 0 unspecified atom stereocenters. The van der Waals surface area contributed by atoms with Crippen LogP contribution in [0.4, 0.5) is 0 Å². The molecule has 0 bridgehead atoms. The zero-order valence-electron chi connectivity index (χ0n) is 23.1.